The van der Waals surface area contributed by atoms with Crippen LogP contribution in [0, 0.1) is 5.92 Å². The highest BCUT2D eigenvalue weighted by Crippen LogP contribution is 2.39. The molecule has 4 aromatic carbocycles. The fourth-order valence-corrected chi connectivity index (χ4v) is 8.48. The first kappa shape index (κ1) is 38.1. The van der Waals surface area contributed by atoms with Crippen LogP contribution in [0.5, 0.6) is 0 Å². The number of alkyl carbamates (subject to hydrolysis) is 1. The average Bonchev–Trinajstić information content (AvgIpc) is 4.11. The smallest absolute Gasteiger partial charge is 0.407 e. The van der Waals surface area contributed by atoms with Crippen molar-refractivity contribution < 1.29 is 23.9 Å². The molecule has 0 bridgehead atoms. The van der Waals surface area contributed by atoms with Crippen molar-refractivity contribution in [2.24, 2.45) is 5.92 Å². The maximum atomic E-state index is 13.9. The van der Waals surface area contributed by atoms with Crippen molar-refractivity contribution >= 4 is 35.1 Å². The highest BCUT2D eigenvalue weighted by Gasteiger charge is 2.39. The van der Waals surface area contributed by atoms with Crippen LogP contribution in [0.25, 0.3) is 44.4 Å². The summed E-state index contributed by atoms with van der Waals surface area (Å²) < 4.78 is 4.83. The summed E-state index contributed by atoms with van der Waals surface area (Å²) in [6.45, 7) is 3.31. The molecule has 13 nitrogen and oxygen atoms in total. The standard InChI is InChI=1S/C45H46N8O5/c1-3-28-19-21-53(39(55)26-46-27-54)41(28)43-48-24-36(50-43)30-13-11-29(12-14-30)32-15-16-34-23-35(18-17-33(34)22-32)37-25-47-42(49-37)38-10-7-20-52(38)44(56)40(51-45(57)58-2)31-8-5-4-6-9-31/h4-6,8-9,11-18,22-25,27-28,38,40-41H,3,7,10,19-21,26H2,1-2H3,(H,46,54)(H,47,49)(H,48,50)(H,51,57). The number of rotatable bonds is 12. The van der Waals surface area contributed by atoms with E-state index >= 15 is 0 Å². The third-order valence-electron chi connectivity index (χ3n) is 11.5. The van der Waals surface area contributed by atoms with E-state index in [2.05, 4.69) is 88.2 Å². The molecule has 2 aliphatic rings. The van der Waals surface area contributed by atoms with Crippen molar-refractivity contribution in [1.29, 1.82) is 0 Å². The summed E-state index contributed by atoms with van der Waals surface area (Å²) in [7, 11) is 1.28. The molecule has 296 valence electrons. The molecule has 0 aliphatic carbocycles. The second-order valence-electron chi connectivity index (χ2n) is 14.9. The van der Waals surface area contributed by atoms with Gasteiger partial charge in [-0.2, -0.15) is 0 Å². The molecule has 8 rings (SSSR count). The molecule has 2 aromatic heterocycles. The third kappa shape index (κ3) is 7.67. The van der Waals surface area contributed by atoms with Gasteiger partial charge in [0, 0.05) is 18.7 Å². The van der Waals surface area contributed by atoms with E-state index in [4.69, 9.17) is 14.7 Å². The number of aromatic amines is 2. The average molecular weight is 779 g/mol. The van der Waals surface area contributed by atoms with Gasteiger partial charge in [0.25, 0.3) is 5.91 Å². The van der Waals surface area contributed by atoms with E-state index in [1.165, 1.54) is 7.11 Å². The second kappa shape index (κ2) is 16.8. The van der Waals surface area contributed by atoms with Crippen LogP contribution in [-0.4, -0.2) is 80.8 Å². The number of hydrogen-bond donors (Lipinski definition) is 4. The van der Waals surface area contributed by atoms with Gasteiger partial charge >= 0.3 is 6.09 Å². The van der Waals surface area contributed by atoms with Gasteiger partial charge in [0.1, 0.15) is 17.7 Å². The number of fused-ring (bicyclic) bond motifs is 1. The number of benzene rings is 4. The number of amides is 4. The maximum Gasteiger partial charge on any atom is 0.407 e. The Bertz CT molecular complexity index is 2430. The molecular weight excluding hydrogens is 733 g/mol. The quantitative estimate of drug-likeness (QED) is 0.0963. The Morgan fingerprint density at radius 3 is 2.19 bits per heavy atom. The van der Waals surface area contributed by atoms with Gasteiger partial charge in [-0.1, -0.05) is 92.2 Å². The van der Waals surface area contributed by atoms with Crippen molar-refractivity contribution in [3.8, 4) is 33.6 Å². The summed E-state index contributed by atoms with van der Waals surface area (Å²) in [5.74, 6) is 1.45. The van der Waals surface area contributed by atoms with Gasteiger partial charge in [-0.3, -0.25) is 14.4 Å². The van der Waals surface area contributed by atoms with E-state index in [9.17, 15) is 19.2 Å². The molecule has 2 saturated heterocycles. The lowest BCUT2D eigenvalue weighted by molar-refractivity contribution is -0.134. The Hall–Kier alpha value is -6.76. The van der Waals surface area contributed by atoms with Gasteiger partial charge in [0.2, 0.25) is 12.3 Å². The predicted octanol–water partition coefficient (Wildman–Crippen LogP) is 7.09. The summed E-state index contributed by atoms with van der Waals surface area (Å²) >= 11 is 0. The number of ether oxygens (including phenoxy) is 1. The minimum Gasteiger partial charge on any atom is -0.453 e. The Balaban J connectivity index is 0.961. The summed E-state index contributed by atoms with van der Waals surface area (Å²) in [5, 5.41) is 7.40. The Morgan fingerprint density at radius 1 is 0.810 bits per heavy atom. The van der Waals surface area contributed by atoms with Crippen LogP contribution in [0.15, 0.2) is 103 Å². The van der Waals surface area contributed by atoms with Crippen molar-refractivity contribution in [2.45, 2.75) is 50.7 Å². The number of aromatic nitrogens is 4. The van der Waals surface area contributed by atoms with Crippen molar-refractivity contribution in [1.82, 2.24) is 40.4 Å². The largest absolute Gasteiger partial charge is 0.453 e. The molecule has 4 N–H and O–H groups in total. The maximum absolute atomic E-state index is 13.9. The number of methoxy groups -OCH3 is 1. The third-order valence-corrected chi connectivity index (χ3v) is 11.5. The number of H-pyrrole nitrogens is 2. The van der Waals surface area contributed by atoms with Crippen LogP contribution in [0.3, 0.4) is 0 Å². The summed E-state index contributed by atoms with van der Waals surface area (Å²) in [5.41, 5.74) is 6.59. The van der Waals surface area contributed by atoms with Crippen LogP contribution in [0.2, 0.25) is 0 Å². The molecule has 4 amide bonds. The van der Waals surface area contributed by atoms with Crippen molar-refractivity contribution in [2.75, 3.05) is 26.7 Å². The van der Waals surface area contributed by atoms with Crippen LogP contribution in [0.1, 0.15) is 67.9 Å². The molecular formula is C45H46N8O5. The van der Waals surface area contributed by atoms with Gasteiger partial charge in [0.05, 0.1) is 49.5 Å². The van der Waals surface area contributed by atoms with E-state index < -0.39 is 12.1 Å². The first-order valence-corrected chi connectivity index (χ1v) is 19.8. The summed E-state index contributed by atoms with van der Waals surface area (Å²) in [6.07, 6.45) is 6.93. The zero-order valence-corrected chi connectivity index (χ0v) is 32.5. The molecule has 13 heteroatoms. The lowest BCUT2D eigenvalue weighted by Crippen LogP contribution is -2.42. The second-order valence-corrected chi connectivity index (χ2v) is 14.9. The van der Waals surface area contributed by atoms with Gasteiger partial charge in [0.15, 0.2) is 0 Å². The fourth-order valence-electron chi connectivity index (χ4n) is 8.48. The van der Waals surface area contributed by atoms with E-state index in [0.29, 0.717) is 36.8 Å². The van der Waals surface area contributed by atoms with Gasteiger partial charge in [-0.05, 0) is 70.3 Å². The fraction of sp³-hybridized carbons (Fsp3) is 0.289. The van der Waals surface area contributed by atoms with E-state index in [1.807, 2.05) is 47.6 Å². The number of nitrogens with zero attached hydrogens (tertiary/aromatic N) is 4. The number of imidazole rings is 2. The molecule has 2 fully saturated rings. The summed E-state index contributed by atoms with van der Waals surface area (Å²) in [6, 6.07) is 29.0. The highest BCUT2D eigenvalue weighted by atomic mass is 16.5. The van der Waals surface area contributed by atoms with Gasteiger partial charge < -0.3 is 35.1 Å². The number of likely N-dealkylation sites (tertiary alicyclic amines) is 2. The van der Waals surface area contributed by atoms with E-state index in [1.54, 1.807) is 4.90 Å². The van der Waals surface area contributed by atoms with Crippen molar-refractivity contribution in [3.63, 3.8) is 0 Å². The van der Waals surface area contributed by atoms with Crippen LogP contribution in [-0.2, 0) is 19.1 Å². The van der Waals surface area contributed by atoms with Crippen molar-refractivity contribution in [3.05, 3.63) is 121 Å². The first-order valence-electron chi connectivity index (χ1n) is 19.8. The molecule has 4 atom stereocenters. The van der Waals surface area contributed by atoms with Gasteiger partial charge in [-0.25, -0.2) is 14.8 Å². The molecule has 0 spiro atoms. The van der Waals surface area contributed by atoms with E-state index in [0.717, 1.165) is 75.9 Å². The molecule has 2 aliphatic heterocycles. The minimum atomic E-state index is -0.877. The molecule has 4 heterocycles. The number of carbonyl (C=O) groups excluding carboxylic acids is 4. The molecule has 0 saturated carbocycles. The number of nitrogens with one attached hydrogen (secondary N) is 4. The van der Waals surface area contributed by atoms with Crippen LogP contribution < -0.4 is 10.6 Å². The summed E-state index contributed by atoms with van der Waals surface area (Å²) in [4.78, 5) is 69.8. The monoisotopic (exact) mass is 778 g/mol. The van der Waals surface area contributed by atoms with Gasteiger partial charge in [-0.15, -0.1) is 0 Å². The topological polar surface area (TPSA) is 165 Å². The predicted molar refractivity (Wildman–Crippen MR) is 220 cm³/mol. The molecule has 4 unspecified atom stereocenters. The molecule has 6 aromatic rings. The molecule has 58 heavy (non-hydrogen) atoms. The first-order chi connectivity index (χ1) is 28.3. The Morgan fingerprint density at radius 2 is 1.47 bits per heavy atom. The molecule has 0 radical (unpaired) electrons. The Kier molecular flexibility index (Phi) is 11.0. The minimum absolute atomic E-state index is 0.0203. The zero-order valence-electron chi connectivity index (χ0n) is 32.5. The Labute approximate surface area is 336 Å². The number of carbonyl (C=O) groups is 4. The SMILES string of the molecule is CCC1CCN(C(=O)CNC=O)C1c1ncc(-c2ccc(-c3ccc4cc(-c5cnc(C6CCCN6C(=O)C(NC(=O)OC)c6ccccc6)[nH]5)ccc4c3)cc2)[nH]1. The van der Waals surface area contributed by atoms with Crippen LogP contribution in [0.4, 0.5) is 4.79 Å². The lowest BCUT2D eigenvalue weighted by Gasteiger charge is -2.28. The zero-order chi connectivity index (χ0) is 40.2. The highest BCUT2D eigenvalue weighted by molar-refractivity contribution is 5.91. The van der Waals surface area contributed by atoms with E-state index in [-0.39, 0.29) is 30.4 Å². The normalized spacial score (nSPS) is 18.3. The number of hydrogen-bond acceptors (Lipinski definition) is 7. The van der Waals surface area contributed by atoms with Crippen LogP contribution >= 0.6 is 0 Å². The lowest BCUT2D eigenvalue weighted by atomic mass is 9.97.